The van der Waals surface area contributed by atoms with Crippen molar-refractivity contribution in [2.75, 3.05) is 0 Å². The third-order valence-corrected chi connectivity index (χ3v) is 2.22. The number of benzene rings is 1. The molecule has 0 heterocycles. The average Bonchev–Trinajstić information content (AvgIpc) is 2.08. The molecule has 0 fully saturated rings. The zero-order chi connectivity index (χ0) is 12.3. The van der Waals surface area contributed by atoms with Crippen LogP contribution in [0.4, 0.5) is 0 Å². The summed E-state index contributed by atoms with van der Waals surface area (Å²) in [5, 5.41) is 0. The third-order valence-electron chi connectivity index (χ3n) is 2.22. The SMILES string of the molecule is Cc1ccc([CH]C(=O)OC(C)(C)C)cc1C. The highest BCUT2D eigenvalue weighted by Crippen LogP contribution is 2.14. The summed E-state index contributed by atoms with van der Waals surface area (Å²) in [6.07, 6.45) is 1.53. The molecule has 0 N–H and O–H groups in total. The van der Waals surface area contributed by atoms with Crippen LogP contribution in [0.3, 0.4) is 0 Å². The van der Waals surface area contributed by atoms with Crippen molar-refractivity contribution in [1.82, 2.24) is 0 Å². The Hall–Kier alpha value is -1.31. The minimum Gasteiger partial charge on any atom is -0.459 e. The zero-order valence-electron chi connectivity index (χ0n) is 10.6. The molecule has 0 bridgehead atoms. The van der Waals surface area contributed by atoms with Gasteiger partial charge in [0.25, 0.3) is 0 Å². The standard InChI is InChI=1S/C14H19O2/c1-10-6-7-12(8-11(10)2)9-13(15)16-14(3,4)5/h6-9H,1-5H3. The number of esters is 1. The summed E-state index contributed by atoms with van der Waals surface area (Å²) < 4.78 is 5.22. The zero-order valence-corrected chi connectivity index (χ0v) is 10.6. The Labute approximate surface area is 97.6 Å². The van der Waals surface area contributed by atoms with Crippen LogP contribution in [0.2, 0.25) is 0 Å². The van der Waals surface area contributed by atoms with Crippen molar-refractivity contribution in [2.45, 2.75) is 40.2 Å². The fourth-order valence-electron chi connectivity index (χ4n) is 1.32. The molecule has 0 aliphatic carbocycles. The first-order valence-corrected chi connectivity index (χ1v) is 5.43. The van der Waals surface area contributed by atoms with Crippen LogP contribution in [0.15, 0.2) is 18.2 Å². The summed E-state index contributed by atoms with van der Waals surface area (Å²) in [4.78, 5) is 11.5. The first kappa shape index (κ1) is 12.8. The Kier molecular flexibility index (Phi) is 3.74. The van der Waals surface area contributed by atoms with E-state index in [-0.39, 0.29) is 5.97 Å². The molecule has 0 aliphatic rings. The molecule has 1 rings (SSSR count). The number of hydrogen-bond donors (Lipinski definition) is 0. The molecule has 2 nitrogen and oxygen atoms in total. The Morgan fingerprint density at radius 3 is 2.31 bits per heavy atom. The van der Waals surface area contributed by atoms with E-state index in [0.717, 1.165) is 5.56 Å². The Balaban J connectivity index is 2.67. The Morgan fingerprint density at radius 2 is 1.81 bits per heavy atom. The molecule has 16 heavy (non-hydrogen) atoms. The number of carbonyl (C=O) groups is 1. The van der Waals surface area contributed by atoms with Crippen molar-refractivity contribution in [3.05, 3.63) is 41.3 Å². The summed E-state index contributed by atoms with van der Waals surface area (Å²) in [5.74, 6) is -0.296. The van der Waals surface area contributed by atoms with E-state index in [9.17, 15) is 4.79 Å². The molecule has 0 aromatic heterocycles. The van der Waals surface area contributed by atoms with Gasteiger partial charge in [0.2, 0.25) is 0 Å². The van der Waals surface area contributed by atoms with E-state index in [0.29, 0.717) is 0 Å². The maximum atomic E-state index is 11.5. The fourth-order valence-corrected chi connectivity index (χ4v) is 1.32. The highest BCUT2D eigenvalue weighted by molar-refractivity contribution is 5.83. The van der Waals surface area contributed by atoms with Gasteiger partial charge in [-0.25, -0.2) is 0 Å². The molecule has 0 unspecified atom stereocenters. The number of aryl methyl sites for hydroxylation is 2. The monoisotopic (exact) mass is 219 g/mol. The second-order valence-electron chi connectivity index (χ2n) is 5.02. The first-order valence-electron chi connectivity index (χ1n) is 5.43. The second-order valence-corrected chi connectivity index (χ2v) is 5.02. The average molecular weight is 219 g/mol. The highest BCUT2D eigenvalue weighted by atomic mass is 16.6. The van der Waals surface area contributed by atoms with Crippen molar-refractivity contribution < 1.29 is 9.53 Å². The van der Waals surface area contributed by atoms with Crippen LogP contribution in [0.1, 0.15) is 37.5 Å². The number of hydrogen-bond acceptors (Lipinski definition) is 2. The van der Waals surface area contributed by atoms with Gasteiger partial charge in [0.05, 0.1) is 6.42 Å². The first-order chi connectivity index (χ1) is 7.28. The van der Waals surface area contributed by atoms with Gasteiger partial charge in [-0.1, -0.05) is 18.2 Å². The quantitative estimate of drug-likeness (QED) is 0.714. The van der Waals surface area contributed by atoms with Gasteiger partial charge in [-0.15, -0.1) is 0 Å². The van der Waals surface area contributed by atoms with E-state index in [4.69, 9.17) is 4.74 Å². The Bertz CT molecular complexity index is 386. The molecule has 0 amide bonds. The molecular weight excluding hydrogens is 200 g/mol. The summed E-state index contributed by atoms with van der Waals surface area (Å²) in [6.45, 7) is 9.66. The van der Waals surface area contributed by atoms with E-state index < -0.39 is 5.60 Å². The molecule has 1 aromatic carbocycles. The van der Waals surface area contributed by atoms with Gasteiger partial charge in [0, 0.05) is 0 Å². The largest absolute Gasteiger partial charge is 0.459 e. The van der Waals surface area contributed by atoms with Crippen LogP contribution in [-0.4, -0.2) is 11.6 Å². The second kappa shape index (κ2) is 4.69. The lowest BCUT2D eigenvalue weighted by atomic mass is 10.0. The minimum atomic E-state index is -0.437. The number of ether oxygens (including phenoxy) is 1. The summed E-state index contributed by atoms with van der Waals surface area (Å²) in [6, 6.07) is 5.91. The lowest BCUT2D eigenvalue weighted by Gasteiger charge is -2.19. The smallest absolute Gasteiger partial charge is 0.315 e. The van der Waals surface area contributed by atoms with E-state index >= 15 is 0 Å². The van der Waals surface area contributed by atoms with Gasteiger partial charge in [-0.05, 0) is 51.3 Å². The summed E-state index contributed by atoms with van der Waals surface area (Å²) in [5.41, 5.74) is 2.85. The lowest BCUT2D eigenvalue weighted by molar-refractivity contribution is -0.149. The van der Waals surface area contributed by atoms with Gasteiger partial charge in [-0.3, -0.25) is 4.79 Å². The predicted molar refractivity (Wildman–Crippen MR) is 65.2 cm³/mol. The van der Waals surface area contributed by atoms with Crippen molar-refractivity contribution in [3.8, 4) is 0 Å². The van der Waals surface area contributed by atoms with Crippen molar-refractivity contribution in [2.24, 2.45) is 0 Å². The molecule has 2 heteroatoms. The molecule has 0 saturated heterocycles. The van der Waals surface area contributed by atoms with Crippen molar-refractivity contribution >= 4 is 5.97 Å². The van der Waals surface area contributed by atoms with Crippen LogP contribution in [0, 0.1) is 20.3 Å². The summed E-state index contributed by atoms with van der Waals surface area (Å²) in [7, 11) is 0. The molecule has 0 aliphatic heterocycles. The molecule has 87 valence electrons. The van der Waals surface area contributed by atoms with E-state index in [1.54, 1.807) is 0 Å². The number of carbonyl (C=O) groups excluding carboxylic acids is 1. The lowest BCUT2D eigenvalue weighted by Crippen LogP contribution is -2.24. The van der Waals surface area contributed by atoms with Gasteiger partial charge in [-0.2, -0.15) is 0 Å². The van der Waals surface area contributed by atoms with Crippen molar-refractivity contribution in [3.63, 3.8) is 0 Å². The Morgan fingerprint density at radius 1 is 1.19 bits per heavy atom. The maximum Gasteiger partial charge on any atom is 0.315 e. The molecule has 0 atom stereocenters. The molecule has 0 spiro atoms. The maximum absolute atomic E-state index is 11.5. The van der Waals surface area contributed by atoms with E-state index in [1.807, 2.05) is 52.8 Å². The van der Waals surface area contributed by atoms with Gasteiger partial charge in [0.1, 0.15) is 5.60 Å². The van der Waals surface area contributed by atoms with E-state index in [1.165, 1.54) is 17.5 Å². The van der Waals surface area contributed by atoms with Crippen LogP contribution in [-0.2, 0) is 9.53 Å². The molecule has 0 saturated carbocycles. The molecule has 1 aromatic rings. The number of rotatable bonds is 2. The normalized spacial score (nSPS) is 11.3. The molecular formula is C14H19O2. The van der Waals surface area contributed by atoms with Gasteiger partial charge in [0.15, 0.2) is 0 Å². The fraction of sp³-hybridized carbons (Fsp3) is 0.429. The van der Waals surface area contributed by atoms with Gasteiger partial charge >= 0.3 is 5.97 Å². The highest BCUT2D eigenvalue weighted by Gasteiger charge is 2.16. The van der Waals surface area contributed by atoms with Crippen LogP contribution < -0.4 is 0 Å². The van der Waals surface area contributed by atoms with Crippen LogP contribution >= 0.6 is 0 Å². The van der Waals surface area contributed by atoms with Crippen molar-refractivity contribution in [1.29, 1.82) is 0 Å². The third kappa shape index (κ3) is 4.05. The minimum absolute atomic E-state index is 0.296. The van der Waals surface area contributed by atoms with E-state index in [2.05, 4.69) is 0 Å². The molecule has 1 radical (unpaired) electrons. The topological polar surface area (TPSA) is 26.3 Å². The summed E-state index contributed by atoms with van der Waals surface area (Å²) >= 11 is 0. The van der Waals surface area contributed by atoms with Crippen LogP contribution in [0.5, 0.6) is 0 Å². The van der Waals surface area contributed by atoms with Gasteiger partial charge < -0.3 is 4.74 Å². The predicted octanol–water partition coefficient (Wildman–Crippen LogP) is 3.20. The van der Waals surface area contributed by atoms with Crippen LogP contribution in [0.25, 0.3) is 0 Å².